The Balaban J connectivity index is 1.39. The summed E-state index contributed by atoms with van der Waals surface area (Å²) in [6.07, 6.45) is 1.69. The third kappa shape index (κ3) is 3.82. The van der Waals surface area contributed by atoms with Crippen LogP contribution in [0, 0.1) is 0 Å². The first kappa shape index (κ1) is 24.1. The summed E-state index contributed by atoms with van der Waals surface area (Å²) in [6, 6.07) is 24.3. The number of amides is 1. The SMILES string of the molecule is CC(=O)N1CC2(CCN(Cc3c(C(=O)O)c4ccccc4c(=O)n3-c3ccccc3)CC2)c2ccccc21. The maximum atomic E-state index is 13.7. The Kier molecular flexibility index (Phi) is 5.88. The predicted molar refractivity (Wildman–Crippen MR) is 147 cm³/mol. The van der Waals surface area contributed by atoms with Crippen molar-refractivity contribution >= 4 is 28.3 Å². The van der Waals surface area contributed by atoms with Crippen molar-refractivity contribution in [1.82, 2.24) is 9.47 Å². The van der Waals surface area contributed by atoms with E-state index in [1.54, 1.807) is 35.8 Å². The van der Waals surface area contributed by atoms with Crippen LogP contribution in [0.1, 0.15) is 41.4 Å². The highest BCUT2D eigenvalue weighted by Crippen LogP contribution is 2.47. The van der Waals surface area contributed by atoms with Crippen molar-refractivity contribution in [3.8, 4) is 5.69 Å². The van der Waals surface area contributed by atoms with E-state index < -0.39 is 5.97 Å². The summed E-state index contributed by atoms with van der Waals surface area (Å²) in [4.78, 5) is 42.9. The van der Waals surface area contributed by atoms with Crippen LogP contribution in [0.2, 0.25) is 0 Å². The highest BCUT2D eigenvalue weighted by molar-refractivity contribution is 6.04. The van der Waals surface area contributed by atoms with Crippen LogP contribution in [0.15, 0.2) is 83.7 Å². The van der Waals surface area contributed by atoms with Crippen molar-refractivity contribution in [2.45, 2.75) is 31.7 Å². The number of pyridine rings is 1. The number of likely N-dealkylation sites (tertiary alicyclic amines) is 1. The predicted octanol–water partition coefficient (Wildman–Crippen LogP) is 4.59. The largest absolute Gasteiger partial charge is 0.478 e. The Morgan fingerprint density at radius 1 is 0.868 bits per heavy atom. The zero-order valence-corrected chi connectivity index (χ0v) is 21.3. The zero-order chi connectivity index (χ0) is 26.4. The van der Waals surface area contributed by atoms with Gasteiger partial charge in [0.2, 0.25) is 5.91 Å². The molecule has 0 unspecified atom stereocenters. The lowest BCUT2D eigenvalue weighted by Crippen LogP contribution is -2.46. The van der Waals surface area contributed by atoms with Gasteiger partial charge in [-0.25, -0.2) is 4.79 Å². The van der Waals surface area contributed by atoms with Crippen LogP contribution in [0.3, 0.4) is 0 Å². The Morgan fingerprint density at radius 3 is 2.18 bits per heavy atom. The fourth-order valence-corrected chi connectivity index (χ4v) is 6.33. The van der Waals surface area contributed by atoms with E-state index in [-0.39, 0.29) is 22.4 Å². The molecule has 1 amide bonds. The van der Waals surface area contributed by atoms with Gasteiger partial charge in [0.25, 0.3) is 5.56 Å². The summed E-state index contributed by atoms with van der Waals surface area (Å²) >= 11 is 0. The average molecular weight is 508 g/mol. The summed E-state index contributed by atoms with van der Waals surface area (Å²) in [6.45, 7) is 4.08. The molecule has 192 valence electrons. The molecule has 2 aliphatic heterocycles. The Morgan fingerprint density at radius 2 is 1.50 bits per heavy atom. The molecule has 0 saturated carbocycles. The first-order chi connectivity index (χ1) is 18.4. The first-order valence-electron chi connectivity index (χ1n) is 12.9. The van der Waals surface area contributed by atoms with Gasteiger partial charge in [-0.15, -0.1) is 0 Å². The van der Waals surface area contributed by atoms with Crippen LogP contribution in [0.25, 0.3) is 16.5 Å². The van der Waals surface area contributed by atoms with E-state index in [2.05, 4.69) is 11.0 Å². The number of fused-ring (bicyclic) bond motifs is 3. The number of hydrogen-bond acceptors (Lipinski definition) is 4. The molecule has 1 aromatic heterocycles. The van der Waals surface area contributed by atoms with Gasteiger partial charge in [-0.05, 0) is 55.8 Å². The maximum Gasteiger partial charge on any atom is 0.338 e. The molecule has 0 radical (unpaired) electrons. The number of aromatic carboxylic acids is 1. The van der Waals surface area contributed by atoms with Crippen LogP contribution in [-0.4, -0.2) is 46.1 Å². The van der Waals surface area contributed by atoms with Crippen LogP contribution < -0.4 is 10.5 Å². The van der Waals surface area contributed by atoms with Gasteiger partial charge >= 0.3 is 5.97 Å². The number of carbonyl (C=O) groups is 2. The molecule has 4 aromatic rings. The molecule has 0 bridgehead atoms. The molecule has 3 heterocycles. The van der Waals surface area contributed by atoms with Crippen LogP contribution in [-0.2, 0) is 16.8 Å². The second-order valence-corrected chi connectivity index (χ2v) is 10.3. The Hall–Kier alpha value is -4.23. The van der Waals surface area contributed by atoms with Crippen molar-refractivity contribution in [3.63, 3.8) is 0 Å². The molecular formula is C31H29N3O4. The Labute approximate surface area is 220 Å². The number of para-hydroxylation sites is 2. The molecule has 1 N–H and O–H groups in total. The van der Waals surface area contributed by atoms with Gasteiger partial charge in [-0.3, -0.25) is 19.1 Å². The minimum Gasteiger partial charge on any atom is -0.478 e. The minimum absolute atomic E-state index is 0.0471. The molecule has 1 fully saturated rings. The standard InChI is InChI=1S/C31H29N3O4/c1-21(35)33-20-31(25-13-7-8-14-26(25)33)15-17-32(18-16-31)19-27-28(30(37)38)23-11-5-6-12-24(23)29(36)34(27)22-9-3-2-4-10-22/h2-14H,15-20H2,1H3,(H,37,38). The normalized spacial score (nSPS) is 16.6. The number of carboxylic acids is 1. The topological polar surface area (TPSA) is 82.9 Å². The molecule has 0 aliphatic carbocycles. The summed E-state index contributed by atoms with van der Waals surface area (Å²) in [7, 11) is 0. The highest BCUT2D eigenvalue weighted by atomic mass is 16.4. The van der Waals surface area contributed by atoms with Crippen molar-refractivity contribution in [3.05, 3.63) is 106 Å². The fourth-order valence-electron chi connectivity index (χ4n) is 6.33. The summed E-state index contributed by atoms with van der Waals surface area (Å²) < 4.78 is 1.57. The van der Waals surface area contributed by atoms with Gasteiger partial charge in [-0.2, -0.15) is 0 Å². The fraction of sp³-hybridized carbons (Fsp3) is 0.258. The van der Waals surface area contributed by atoms with Crippen molar-refractivity contribution < 1.29 is 14.7 Å². The number of benzene rings is 3. The van der Waals surface area contributed by atoms with Crippen molar-refractivity contribution in [2.24, 2.45) is 0 Å². The number of hydrogen-bond donors (Lipinski definition) is 1. The smallest absolute Gasteiger partial charge is 0.338 e. The molecule has 2 aliphatic rings. The number of carbonyl (C=O) groups excluding carboxylic acids is 1. The summed E-state index contributed by atoms with van der Waals surface area (Å²) in [5.41, 5.74) is 3.18. The number of anilines is 1. The van der Waals surface area contributed by atoms with E-state index in [1.165, 1.54) is 5.56 Å². The van der Waals surface area contributed by atoms with Crippen molar-refractivity contribution in [2.75, 3.05) is 24.5 Å². The lowest BCUT2D eigenvalue weighted by Gasteiger charge is -2.40. The number of rotatable bonds is 4. The second kappa shape index (κ2) is 9.26. The monoisotopic (exact) mass is 507 g/mol. The molecule has 1 saturated heterocycles. The zero-order valence-electron chi connectivity index (χ0n) is 21.3. The number of piperidine rings is 1. The molecule has 7 nitrogen and oxygen atoms in total. The van der Waals surface area contributed by atoms with E-state index in [9.17, 15) is 19.5 Å². The van der Waals surface area contributed by atoms with Gasteiger partial charge < -0.3 is 10.0 Å². The first-order valence-corrected chi connectivity index (χ1v) is 12.9. The van der Waals surface area contributed by atoms with Gasteiger partial charge in [-0.1, -0.05) is 54.6 Å². The summed E-state index contributed by atoms with van der Waals surface area (Å²) in [5, 5.41) is 11.2. The molecule has 7 heteroatoms. The minimum atomic E-state index is -1.05. The average Bonchev–Trinajstić information content (AvgIpc) is 3.25. The van der Waals surface area contributed by atoms with Crippen LogP contribution in [0.5, 0.6) is 0 Å². The molecule has 1 spiro atoms. The molecule has 38 heavy (non-hydrogen) atoms. The third-order valence-electron chi connectivity index (χ3n) is 8.21. The third-order valence-corrected chi connectivity index (χ3v) is 8.21. The summed E-state index contributed by atoms with van der Waals surface area (Å²) in [5.74, 6) is -0.998. The van der Waals surface area contributed by atoms with E-state index >= 15 is 0 Å². The molecular weight excluding hydrogens is 478 g/mol. The van der Waals surface area contributed by atoms with E-state index in [1.807, 2.05) is 53.4 Å². The lowest BCUT2D eigenvalue weighted by molar-refractivity contribution is -0.116. The van der Waals surface area contributed by atoms with Gasteiger partial charge in [0, 0.05) is 47.6 Å². The number of nitrogens with zero attached hydrogens (tertiary/aromatic N) is 3. The number of carboxylic acid groups (broad SMARTS) is 1. The number of aromatic nitrogens is 1. The Bertz CT molecular complexity index is 1620. The van der Waals surface area contributed by atoms with E-state index in [0.29, 0.717) is 35.2 Å². The molecule has 3 aromatic carbocycles. The van der Waals surface area contributed by atoms with Crippen LogP contribution in [0.4, 0.5) is 5.69 Å². The van der Waals surface area contributed by atoms with Crippen molar-refractivity contribution in [1.29, 1.82) is 0 Å². The second-order valence-electron chi connectivity index (χ2n) is 10.3. The molecule has 0 atom stereocenters. The van der Waals surface area contributed by atoms with E-state index in [0.717, 1.165) is 31.6 Å². The highest BCUT2D eigenvalue weighted by Gasteiger charge is 2.45. The quantitative estimate of drug-likeness (QED) is 0.437. The van der Waals surface area contributed by atoms with Gasteiger partial charge in [0.1, 0.15) is 0 Å². The molecule has 6 rings (SSSR count). The lowest BCUT2D eigenvalue weighted by atomic mass is 9.74. The van der Waals surface area contributed by atoms with Crippen LogP contribution >= 0.6 is 0 Å². The van der Waals surface area contributed by atoms with Gasteiger partial charge in [0.15, 0.2) is 0 Å². The van der Waals surface area contributed by atoms with E-state index in [4.69, 9.17) is 0 Å². The van der Waals surface area contributed by atoms with Gasteiger partial charge in [0.05, 0.1) is 11.3 Å². The maximum absolute atomic E-state index is 13.7.